The summed E-state index contributed by atoms with van der Waals surface area (Å²) in [6, 6.07) is 7.01. The number of anilines is 1. The van der Waals surface area contributed by atoms with E-state index in [1.54, 1.807) is 0 Å². The lowest BCUT2D eigenvalue weighted by Crippen LogP contribution is -2.39. The number of carbonyl (C=O) groups excluding carboxylic acids is 1. The van der Waals surface area contributed by atoms with Crippen molar-refractivity contribution in [3.63, 3.8) is 0 Å². The first-order valence-corrected chi connectivity index (χ1v) is 10.5. The highest BCUT2D eigenvalue weighted by Gasteiger charge is 2.36. The second-order valence-corrected chi connectivity index (χ2v) is 8.84. The summed E-state index contributed by atoms with van der Waals surface area (Å²) in [5.41, 5.74) is 0.550. The molecule has 1 aromatic carbocycles. The normalized spacial score (nSPS) is 22.8. The van der Waals surface area contributed by atoms with Crippen LogP contribution in [0.25, 0.3) is 0 Å². The van der Waals surface area contributed by atoms with Crippen LogP contribution in [0.3, 0.4) is 0 Å². The van der Waals surface area contributed by atoms with Crippen molar-refractivity contribution in [3.8, 4) is 0 Å². The third-order valence-corrected chi connectivity index (χ3v) is 6.46. The minimum Gasteiger partial charge on any atom is -0.320 e. The summed E-state index contributed by atoms with van der Waals surface area (Å²) in [4.78, 5) is 15.0. The van der Waals surface area contributed by atoms with Crippen LogP contribution in [-0.4, -0.2) is 33.1 Å². The van der Waals surface area contributed by atoms with Crippen LogP contribution in [0.4, 0.5) is 10.1 Å². The van der Waals surface area contributed by atoms with Crippen molar-refractivity contribution in [1.29, 1.82) is 0 Å². The van der Waals surface area contributed by atoms with Crippen molar-refractivity contribution in [1.82, 2.24) is 15.1 Å². The molecule has 7 heteroatoms. The van der Waals surface area contributed by atoms with E-state index in [1.165, 1.54) is 74.1 Å². The number of aromatic nitrogens is 2. The first-order valence-electron chi connectivity index (χ1n) is 9.73. The molecule has 1 heterocycles. The van der Waals surface area contributed by atoms with Crippen LogP contribution in [-0.2, 0) is 6.54 Å². The summed E-state index contributed by atoms with van der Waals surface area (Å²) in [5.74, 6) is 0.212. The highest BCUT2D eigenvalue weighted by molar-refractivity contribution is 7.13. The Balaban J connectivity index is 1.39. The Morgan fingerprint density at radius 3 is 2.37 bits per heavy atom. The van der Waals surface area contributed by atoms with Crippen molar-refractivity contribution in [3.05, 3.63) is 40.1 Å². The molecule has 0 bridgehead atoms. The fraction of sp³-hybridized carbons (Fsp3) is 0.550. The van der Waals surface area contributed by atoms with Crippen molar-refractivity contribution in [2.45, 2.75) is 64.1 Å². The van der Waals surface area contributed by atoms with E-state index in [2.05, 4.69) is 27.3 Å². The molecule has 2 saturated carbocycles. The zero-order valence-electron chi connectivity index (χ0n) is 15.5. The van der Waals surface area contributed by atoms with E-state index in [9.17, 15) is 9.18 Å². The highest BCUT2D eigenvalue weighted by Crippen LogP contribution is 2.36. The molecule has 2 fully saturated rings. The zero-order valence-corrected chi connectivity index (χ0v) is 16.3. The number of carbonyl (C=O) groups is 1. The molecule has 5 nitrogen and oxygen atoms in total. The maximum atomic E-state index is 13.0. The smallest absolute Gasteiger partial charge is 0.286 e. The molecular formula is C20H25FN4OS. The minimum absolute atomic E-state index is 0.296. The molecule has 4 rings (SSSR count). The molecule has 1 aromatic heterocycles. The van der Waals surface area contributed by atoms with Gasteiger partial charge in [0.15, 0.2) is 0 Å². The monoisotopic (exact) mass is 388 g/mol. The van der Waals surface area contributed by atoms with Crippen LogP contribution < -0.4 is 5.32 Å². The molecule has 0 spiro atoms. The lowest BCUT2D eigenvalue weighted by Gasteiger charge is -2.35. The van der Waals surface area contributed by atoms with Crippen molar-refractivity contribution < 1.29 is 9.18 Å². The standard InChI is InChI=1S/C20H25FN4OS/c1-13-2-8-16(9-3-13)25(17-10-11-17)12-18-23-24-20(27-18)19(26)22-15-6-4-14(21)5-7-15/h4-7,13,16-17H,2-3,8-12H2,1H3,(H,22,26). The Hall–Kier alpha value is -1.86. The highest BCUT2D eigenvalue weighted by atomic mass is 32.1. The molecule has 0 aliphatic heterocycles. The Kier molecular flexibility index (Phi) is 5.50. The van der Waals surface area contributed by atoms with Gasteiger partial charge in [0.2, 0.25) is 5.01 Å². The topological polar surface area (TPSA) is 58.1 Å². The van der Waals surface area contributed by atoms with Crippen LogP contribution >= 0.6 is 11.3 Å². The van der Waals surface area contributed by atoms with Crippen LogP contribution in [0.15, 0.2) is 24.3 Å². The van der Waals surface area contributed by atoms with Crippen molar-refractivity contribution >= 4 is 22.9 Å². The van der Waals surface area contributed by atoms with Crippen LogP contribution in [0.5, 0.6) is 0 Å². The molecule has 0 unspecified atom stereocenters. The van der Waals surface area contributed by atoms with Crippen LogP contribution in [0.2, 0.25) is 0 Å². The van der Waals surface area contributed by atoms with E-state index in [1.807, 2.05) is 0 Å². The molecule has 2 aliphatic carbocycles. The third-order valence-electron chi connectivity index (χ3n) is 5.55. The molecule has 27 heavy (non-hydrogen) atoms. The molecule has 144 valence electrons. The molecular weight excluding hydrogens is 363 g/mol. The van der Waals surface area contributed by atoms with E-state index in [0.717, 1.165) is 17.5 Å². The average Bonchev–Trinajstić information content (AvgIpc) is 3.40. The van der Waals surface area contributed by atoms with E-state index >= 15 is 0 Å². The van der Waals surface area contributed by atoms with E-state index in [4.69, 9.17) is 0 Å². The van der Waals surface area contributed by atoms with Gasteiger partial charge in [-0.1, -0.05) is 18.3 Å². The van der Waals surface area contributed by atoms with Gasteiger partial charge in [-0.25, -0.2) is 4.39 Å². The third kappa shape index (κ3) is 4.71. The van der Waals surface area contributed by atoms with Gasteiger partial charge in [-0.2, -0.15) is 0 Å². The quantitative estimate of drug-likeness (QED) is 0.793. The Bertz CT molecular complexity index is 782. The second-order valence-electron chi connectivity index (χ2n) is 7.78. The fourth-order valence-electron chi connectivity index (χ4n) is 3.82. The van der Waals surface area contributed by atoms with Crippen LogP contribution in [0.1, 0.15) is 60.3 Å². The zero-order chi connectivity index (χ0) is 18.8. The number of halogens is 1. The molecule has 2 aliphatic rings. The summed E-state index contributed by atoms with van der Waals surface area (Å²) in [5, 5.41) is 12.3. The largest absolute Gasteiger partial charge is 0.320 e. The summed E-state index contributed by atoms with van der Waals surface area (Å²) in [7, 11) is 0. The lowest BCUT2D eigenvalue weighted by molar-refractivity contribution is 0.102. The summed E-state index contributed by atoms with van der Waals surface area (Å²) >= 11 is 1.35. The molecule has 0 saturated heterocycles. The van der Waals surface area contributed by atoms with E-state index in [0.29, 0.717) is 22.8 Å². The molecule has 1 N–H and O–H groups in total. The average molecular weight is 389 g/mol. The Labute approximate surface area is 163 Å². The predicted octanol–water partition coefficient (Wildman–Crippen LogP) is 4.47. The predicted molar refractivity (Wildman–Crippen MR) is 104 cm³/mol. The number of benzene rings is 1. The number of nitrogens with one attached hydrogen (secondary N) is 1. The number of hydrogen-bond acceptors (Lipinski definition) is 5. The number of amides is 1. The van der Waals surface area contributed by atoms with Gasteiger partial charge in [0.05, 0.1) is 6.54 Å². The van der Waals surface area contributed by atoms with Gasteiger partial charge in [-0.05, 0) is 68.7 Å². The maximum absolute atomic E-state index is 13.0. The SMILES string of the molecule is CC1CCC(N(Cc2nnc(C(=O)Nc3ccc(F)cc3)s2)C2CC2)CC1. The number of rotatable bonds is 6. The van der Waals surface area contributed by atoms with Gasteiger partial charge >= 0.3 is 0 Å². The van der Waals surface area contributed by atoms with Gasteiger partial charge in [0.25, 0.3) is 5.91 Å². The van der Waals surface area contributed by atoms with Crippen molar-refractivity contribution in [2.75, 3.05) is 5.32 Å². The first-order chi connectivity index (χ1) is 13.1. The van der Waals surface area contributed by atoms with Crippen molar-refractivity contribution in [2.24, 2.45) is 5.92 Å². The minimum atomic E-state index is -0.330. The van der Waals surface area contributed by atoms with Gasteiger partial charge < -0.3 is 5.32 Å². The van der Waals surface area contributed by atoms with Gasteiger partial charge in [0, 0.05) is 17.8 Å². The van der Waals surface area contributed by atoms with E-state index in [-0.39, 0.29) is 11.7 Å². The number of hydrogen-bond donors (Lipinski definition) is 1. The summed E-state index contributed by atoms with van der Waals surface area (Å²) in [6.07, 6.45) is 7.65. The fourth-order valence-corrected chi connectivity index (χ4v) is 4.56. The second kappa shape index (κ2) is 8.02. The number of nitrogens with zero attached hydrogens (tertiary/aromatic N) is 3. The van der Waals surface area contributed by atoms with Gasteiger partial charge in [-0.3, -0.25) is 9.69 Å². The maximum Gasteiger partial charge on any atom is 0.286 e. The Morgan fingerprint density at radius 2 is 1.74 bits per heavy atom. The van der Waals surface area contributed by atoms with Gasteiger partial charge in [0.1, 0.15) is 10.8 Å². The van der Waals surface area contributed by atoms with E-state index < -0.39 is 0 Å². The molecule has 1 amide bonds. The lowest BCUT2D eigenvalue weighted by atomic mass is 9.86. The molecule has 0 radical (unpaired) electrons. The molecule has 2 aromatic rings. The van der Waals surface area contributed by atoms with Crippen LogP contribution in [0, 0.1) is 11.7 Å². The summed E-state index contributed by atoms with van der Waals surface area (Å²) in [6.45, 7) is 3.12. The Morgan fingerprint density at radius 1 is 1.11 bits per heavy atom. The molecule has 0 atom stereocenters. The first kappa shape index (κ1) is 18.5. The van der Waals surface area contributed by atoms with Gasteiger partial charge in [-0.15, -0.1) is 10.2 Å². The summed E-state index contributed by atoms with van der Waals surface area (Å²) < 4.78 is 13.0.